The first-order chi connectivity index (χ1) is 14.7. The van der Waals surface area contributed by atoms with Gasteiger partial charge in [-0.25, -0.2) is 4.39 Å². The maximum absolute atomic E-state index is 13.0. The van der Waals surface area contributed by atoms with Crippen LogP contribution in [0.15, 0.2) is 66.9 Å². The summed E-state index contributed by atoms with van der Waals surface area (Å²) in [6, 6.07) is 18.7. The molecule has 1 aliphatic heterocycles. The molecule has 4 aromatic rings. The highest BCUT2D eigenvalue weighted by molar-refractivity contribution is 5.78. The molecule has 2 aromatic heterocycles. The highest BCUT2D eigenvalue weighted by Gasteiger charge is 2.26. The van der Waals surface area contributed by atoms with Gasteiger partial charge in [0, 0.05) is 30.6 Å². The largest absolute Gasteiger partial charge is 0.487 e. The van der Waals surface area contributed by atoms with Crippen LogP contribution in [0, 0.1) is 5.82 Å². The lowest BCUT2D eigenvalue weighted by Crippen LogP contribution is -2.19. The van der Waals surface area contributed by atoms with Gasteiger partial charge in [-0.3, -0.25) is 15.0 Å². The number of nitrogens with zero attached hydrogens (tertiary/aromatic N) is 3. The van der Waals surface area contributed by atoms with Gasteiger partial charge in [0.2, 0.25) is 0 Å². The summed E-state index contributed by atoms with van der Waals surface area (Å²) in [5, 5.41) is 8.77. The second-order valence-electron chi connectivity index (χ2n) is 7.81. The van der Waals surface area contributed by atoms with Crippen molar-refractivity contribution in [2.24, 2.45) is 0 Å². The second-order valence-corrected chi connectivity index (χ2v) is 7.81. The molecule has 0 aliphatic carbocycles. The highest BCUT2D eigenvalue weighted by Crippen LogP contribution is 2.28. The van der Waals surface area contributed by atoms with Crippen molar-refractivity contribution < 1.29 is 9.13 Å². The number of likely N-dealkylation sites (tertiary alicyclic amines) is 1. The van der Waals surface area contributed by atoms with Gasteiger partial charge in [0.25, 0.3) is 0 Å². The summed E-state index contributed by atoms with van der Waals surface area (Å²) in [6.45, 7) is 3.38. The van der Waals surface area contributed by atoms with Crippen LogP contribution in [0.3, 0.4) is 0 Å². The lowest BCUT2D eigenvalue weighted by molar-refractivity contribution is 0.300. The Hall–Kier alpha value is -3.25. The zero-order valence-corrected chi connectivity index (χ0v) is 16.6. The number of nitrogens with one attached hydrogen (secondary N) is 1. The number of aromatic amines is 1. The number of benzene rings is 2. The summed E-state index contributed by atoms with van der Waals surface area (Å²) in [4.78, 5) is 6.87. The summed E-state index contributed by atoms with van der Waals surface area (Å²) < 4.78 is 18.7. The van der Waals surface area contributed by atoms with Gasteiger partial charge in [0.15, 0.2) is 0 Å². The van der Waals surface area contributed by atoms with Gasteiger partial charge in [-0.2, -0.15) is 5.10 Å². The summed E-state index contributed by atoms with van der Waals surface area (Å²) in [5.74, 6) is 0.797. The molecule has 0 unspecified atom stereocenters. The Morgan fingerprint density at radius 2 is 2.00 bits per heavy atom. The predicted molar refractivity (Wildman–Crippen MR) is 114 cm³/mol. The Bertz CT molecular complexity index is 1140. The maximum atomic E-state index is 13.0. The molecule has 1 N–H and O–H groups in total. The maximum Gasteiger partial charge on any atom is 0.130 e. The molecule has 1 saturated heterocycles. The number of pyridine rings is 1. The molecule has 0 radical (unpaired) electrons. The zero-order valence-electron chi connectivity index (χ0n) is 16.6. The molecule has 5 rings (SSSR count). The van der Waals surface area contributed by atoms with Crippen LogP contribution in [0.25, 0.3) is 10.9 Å². The van der Waals surface area contributed by atoms with Crippen LogP contribution in [0.1, 0.15) is 29.3 Å². The first-order valence-electron chi connectivity index (χ1n) is 10.2. The number of fused-ring (bicyclic) bond motifs is 1. The highest BCUT2D eigenvalue weighted by atomic mass is 19.1. The first kappa shape index (κ1) is 18.8. The summed E-state index contributed by atoms with van der Waals surface area (Å²) in [6.07, 6.45) is 2.92. The number of H-pyrrole nitrogens is 1. The van der Waals surface area contributed by atoms with Crippen molar-refractivity contribution in [1.82, 2.24) is 20.1 Å². The van der Waals surface area contributed by atoms with Crippen molar-refractivity contribution in [3.05, 3.63) is 89.6 Å². The van der Waals surface area contributed by atoms with Gasteiger partial charge < -0.3 is 4.74 Å². The Balaban J connectivity index is 1.18. The van der Waals surface area contributed by atoms with Crippen molar-refractivity contribution >= 4 is 10.9 Å². The molecule has 3 heterocycles. The second kappa shape index (κ2) is 8.24. The molecule has 1 aliphatic rings. The Morgan fingerprint density at radius 3 is 2.90 bits per heavy atom. The monoisotopic (exact) mass is 402 g/mol. The normalized spacial score (nSPS) is 16.9. The molecule has 0 saturated carbocycles. The summed E-state index contributed by atoms with van der Waals surface area (Å²) in [7, 11) is 0. The topological polar surface area (TPSA) is 54.0 Å². The van der Waals surface area contributed by atoms with E-state index in [4.69, 9.17) is 4.74 Å². The number of hydrogen-bond donors (Lipinski definition) is 1. The molecule has 152 valence electrons. The van der Waals surface area contributed by atoms with E-state index >= 15 is 0 Å². The van der Waals surface area contributed by atoms with E-state index in [0.29, 0.717) is 18.3 Å². The number of rotatable bonds is 6. The minimum atomic E-state index is -0.266. The smallest absolute Gasteiger partial charge is 0.130 e. The van der Waals surface area contributed by atoms with Gasteiger partial charge in [-0.15, -0.1) is 0 Å². The van der Waals surface area contributed by atoms with Crippen molar-refractivity contribution in [2.45, 2.75) is 25.5 Å². The van der Waals surface area contributed by atoms with E-state index in [1.165, 1.54) is 23.1 Å². The SMILES string of the molecule is Fc1ccc(OCc2cc([C@H]3CCN(Cc4ccc5ncccc5c4)C3)n[nH]2)cc1. The third-order valence-corrected chi connectivity index (χ3v) is 5.62. The first-order valence-corrected chi connectivity index (χ1v) is 10.2. The van der Waals surface area contributed by atoms with Crippen molar-refractivity contribution in [1.29, 1.82) is 0 Å². The van der Waals surface area contributed by atoms with Crippen LogP contribution in [0.5, 0.6) is 5.75 Å². The minimum Gasteiger partial charge on any atom is -0.487 e. The van der Waals surface area contributed by atoms with Crippen LogP contribution in [0.4, 0.5) is 4.39 Å². The zero-order chi connectivity index (χ0) is 20.3. The molecular formula is C24H23FN4O. The molecule has 1 fully saturated rings. The minimum absolute atomic E-state index is 0.266. The van der Waals surface area contributed by atoms with E-state index < -0.39 is 0 Å². The molecule has 0 spiro atoms. The quantitative estimate of drug-likeness (QED) is 0.509. The van der Waals surface area contributed by atoms with E-state index in [9.17, 15) is 4.39 Å². The molecule has 2 aromatic carbocycles. The molecule has 5 nitrogen and oxygen atoms in total. The number of aromatic nitrogens is 3. The van der Waals surface area contributed by atoms with E-state index in [2.05, 4.69) is 50.4 Å². The average Bonchev–Trinajstić information content (AvgIpc) is 3.43. The average molecular weight is 402 g/mol. The van der Waals surface area contributed by atoms with Crippen LogP contribution in [-0.4, -0.2) is 33.2 Å². The lowest BCUT2D eigenvalue weighted by Gasteiger charge is -2.16. The number of ether oxygens (including phenoxy) is 1. The van der Waals surface area contributed by atoms with E-state index in [-0.39, 0.29) is 5.82 Å². The summed E-state index contributed by atoms with van der Waals surface area (Å²) >= 11 is 0. The predicted octanol–water partition coefficient (Wildman–Crippen LogP) is 4.67. The van der Waals surface area contributed by atoms with Crippen molar-refractivity contribution in [3.8, 4) is 5.75 Å². The standard InChI is InChI=1S/C24H23FN4O/c25-20-4-6-22(7-5-20)30-16-21-13-24(28-27-21)19-9-11-29(15-19)14-17-3-8-23-18(12-17)2-1-10-26-23/h1-8,10,12-13,19H,9,11,14-16H2,(H,27,28)/t19-/m0/s1. The molecule has 0 bridgehead atoms. The van der Waals surface area contributed by atoms with Gasteiger partial charge in [0.05, 0.1) is 16.9 Å². The third-order valence-electron chi connectivity index (χ3n) is 5.62. The van der Waals surface area contributed by atoms with E-state index in [1.807, 2.05) is 12.3 Å². The molecule has 30 heavy (non-hydrogen) atoms. The fourth-order valence-corrected chi connectivity index (χ4v) is 4.05. The molecule has 0 amide bonds. The van der Waals surface area contributed by atoms with Gasteiger partial charge in [-0.05, 0) is 67.1 Å². The summed E-state index contributed by atoms with van der Waals surface area (Å²) in [5.41, 5.74) is 4.35. The fraction of sp³-hybridized carbons (Fsp3) is 0.250. The van der Waals surface area contributed by atoms with Gasteiger partial charge in [0.1, 0.15) is 18.2 Å². The van der Waals surface area contributed by atoms with E-state index in [0.717, 1.165) is 43.0 Å². The third kappa shape index (κ3) is 4.19. The Morgan fingerprint density at radius 1 is 1.10 bits per heavy atom. The van der Waals surface area contributed by atoms with Crippen LogP contribution in [0.2, 0.25) is 0 Å². The van der Waals surface area contributed by atoms with Gasteiger partial charge >= 0.3 is 0 Å². The molecular weight excluding hydrogens is 379 g/mol. The Kier molecular flexibility index (Phi) is 5.15. The molecule has 1 atom stereocenters. The van der Waals surface area contributed by atoms with E-state index in [1.54, 1.807) is 12.1 Å². The molecule has 6 heteroatoms. The lowest BCUT2D eigenvalue weighted by atomic mass is 10.1. The number of hydrogen-bond acceptors (Lipinski definition) is 4. The van der Waals surface area contributed by atoms with Gasteiger partial charge in [-0.1, -0.05) is 12.1 Å². The van der Waals surface area contributed by atoms with Crippen molar-refractivity contribution in [3.63, 3.8) is 0 Å². The Labute approximate surface area is 174 Å². The van der Waals surface area contributed by atoms with Crippen LogP contribution in [-0.2, 0) is 13.2 Å². The number of halogens is 1. The fourth-order valence-electron chi connectivity index (χ4n) is 4.05. The van der Waals surface area contributed by atoms with Crippen LogP contribution < -0.4 is 4.74 Å². The van der Waals surface area contributed by atoms with Crippen LogP contribution >= 0.6 is 0 Å². The van der Waals surface area contributed by atoms with Crippen molar-refractivity contribution in [2.75, 3.05) is 13.1 Å².